The molecule has 1 aromatic heterocycles. The highest BCUT2D eigenvalue weighted by Crippen LogP contribution is 2.22. The van der Waals surface area contributed by atoms with Gasteiger partial charge in [-0.1, -0.05) is 15.9 Å². The summed E-state index contributed by atoms with van der Waals surface area (Å²) in [7, 11) is 0. The Balaban J connectivity index is 2.47. The Hall–Kier alpha value is -1.62. The van der Waals surface area contributed by atoms with Gasteiger partial charge in [-0.25, -0.2) is 0 Å². The standard InChI is InChI=1S/C12H12BrN3O/c1-2-16-11(5-6-15-16)12(17)9-7-8(14)3-4-10(9)13/h3-7H,2,14H2,1H3. The minimum Gasteiger partial charge on any atom is -0.399 e. The van der Waals surface area contributed by atoms with Gasteiger partial charge in [0.1, 0.15) is 5.69 Å². The van der Waals surface area contributed by atoms with Gasteiger partial charge in [0.05, 0.1) is 0 Å². The number of anilines is 1. The number of benzene rings is 1. The van der Waals surface area contributed by atoms with Gasteiger partial charge in [0, 0.05) is 28.5 Å². The van der Waals surface area contributed by atoms with E-state index < -0.39 is 0 Å². The summed E-state index contributed by atoms with van der Waals surface area (Å²) in [5, 5.41) is 4.08. The second-order valence-electron chi connectivity index (χ2n) is 3.60. The number of ketones is 1. The van der Waals surface area contributed by atoms with Gasteiger partial charge in [-0.2, -0.15) is 5.10 Å². The molecule has 0 unspecified atom stereocenters. The molecule has 4 nitrogen and oxygen atoms in total. The summed E-state index contributed by atoms with van der Waals surface area (Å²) >= 11 is 3.36. The predicted octanol–water partition coefficient (Wildman–Crippen LogP) is 2.48. The van der Waals surface area contributed by atoms with E-state index in [1.54, 1.807) is 35.1 Å². The first-order valence-electron chi connectivity index (χ1n) is 5.25. The van der Waals surface area contributed by atoms with E-state index in [0.717, 1.165) is 4.47 Å². The van der Waals surface area contributed by atoms with Crippen LogP contribution in [0.1, 0.15) is 23.0 Å². The van der Waals surface area contributed by atoms with Gasteiger partial charge in [0.25, 0.3) is 0 Å². The highest BCUT2D eigenvalue weighted by Gasteiger charge is 2.16. The molecule has 2 N–H and O–H groups in total. The third kappa shape index (κ3) is 2.24. The van der Waals surface area contributed by atoms with E-state index >= 15 is 0 Å². The first-order valence-corrected chi connectivity index (χ1v) is 6.04. The number of rotatable bonds is 3. The van der Waals surface area contributed by atoms with Gasteiger partial charge in [-0.15, -0.1) is 0 Å². The first-order chi connectivity index (χ1) is 8.13. The summed E-state index contributed by atoms with van der Waals surface area (Å²) in [6.07, 6.45) is 1.62. The molecule has 1 heterocycles. The summed E-state index contributed by atoms with van der Waals surface area (Å²) < 4.78 is 2.40. The van der Waals surface area contributed by atoms with Crippen molar-refractivity contribution in [2.24, 2.45) is 0 Å². The number of hydrogen-bond acceptors (Lipinski definition) is 3. The molecule has 0 amide bonds. The van der Waals surface area contributed by atoms with Gasteiger partial charge in [-0.05, 0) is 31.2 Å². The molecule has 0 bridgehead atoms. The lowest BCUT2D eigenvalue weighted by Gasteiger charge is -2.06. The molecule has 0 atom stereocenters. The van der Waals surface area contributed by atoms with Crippen LogP contribution in [0.3, 0.4) is 0 Å². The number of halogens is 1. The monoisotopic (exact) mass is 293 g/mol. The second kappa shape index (κ2) is 4.71. The van der Waals surface area contributed by atoms with E-state index in [0.29, 0.717) is 23.5 Å². The number of nitrogens with zero attached hydrogens (tertiary/aromatic N) is 2. The molecule has 2 rings (SSSR count). The molecule has 1 aromatic carbocycles. The Labute approximate surface area is 108 Å². The third-order valence-corrected chi connectivity index (χ3v) is 3.18. The topological polar surface area (TPSA) is 60.9 Å². The van der Waals surface area contributed by atoms with Crippen LogP contribution in [-0.4, -0.2) is 15.6 Å². The van der Waals surface area contributed by atoms with Crippen molar-refractivity contribution in [2.75, 3.05) is 5.73 Å². The van der Waals surface area contributed by atoms with Crippen LogP contribution in [-0.2, 0) is 6.54 Å². The van der Waals surface area contributed by atoms with Gasteiger partial charge in [0.2, 0.25) is 5.78 Å². The zero-order chi connectivity index (χ0) is 12.4. The molecule has 88 valence electrons. The maximum atomic E-state index is 12.3. The molecule has 0 aliphatic heterocycles. The fourth-order valence-corrected chi connectivity index (χ4v) is 2.06. The lowest BCUT2D eigenvalue weighted by Crippen LogP contribution is -2.11. The quantitative estimate of drug-likeness (QED) is 0.699. The Bertz CT molecular complexity index is 563. The van der Waals surface area contributed by atoms with Crippen molar-refractivity contribution in [1.29, 1.82) is 0 Å². The van der Waals surface area contributed by atoms with E-state index in [-0.39, 0.29) is 5.78 Å². The maximum absolute atomic E-state index is 12.3. The van der Waals surface area contributed by atoms with Gasteiger partial charge >= 0.3 is 0 Å². The summed E-state index contributed by atoms with van der Waals surface area (Å²) in [6.45, 7) is 2.60. The summed E-state index contributed by atoms with van der Waals surface area (Å²) in [4.78, 5) is 12.3. The van der Waals surface area contributed by atoms with Crippen molar-refractivity contribution in [3.63, 3.8) is 0 Å². The average Bonchev–Trinajstić information content (AvgIpc) is 2.79. The van der Waals surface area contributed by atoms with Crippen LogP contribution < -0.4 is 5.73 Å². The van der Waals surface area contributed by atoms with E-state index in [2.05, 4.69) is 21.0 Å². The number of nitrogens with two attached hydrogens (primary N) is 1. The number of aryl methyl sites for hydroxylation is 1. The summed E-state index contributed by atoms with van der Waals surface area (Å²) in [5.74, 6) is -0.0801. The number of aromatic nitrogens is 2. The van der Waals surface area contributed by atoms with Crippen LogP contribution in [0.4, 0.5) is 5.69 Å². The molecule has 0 spiro atoms. The van der Waals surface area contributed by atoms with Crippen molar-refractivity contribution in [1.82, 2.24) is 9.78 Å². The van der Waals surface area contributed by atoms with Crippen LogP contribution in [0.2, 0.25) is 0 Å². The molecule has 2 aromatic rings. The van der Waals surface area contributed by atoms with Gasteiger partial charge < -0.3 is 5.73 Å². The Kier molecular flexibility index (Phi) is 3.28. The molecular formula is C12H12BrN3O. The maximum Gasteiger partial charge on any atom is 0.212 e. The fourth-order valence-electron chi connectivity index (χ4n) is 1.63. The largest absolute Gasteiger partial charge is 0.399 e. The molecule has 0 fully saturated rings. The van der Waals surface area contributed by atoms with Crippen molar-refractivity contribution >= 4 is 27.4 Å². The van der Waals surface area contributed by atoms with E-state index in [1.807, 2.05) is 6.92 Å². The first kappa shape index (κ1) is 11.9. The zero-order valence-electron chi connectivity index (χ0n) is 9.35. The SMILES string of the molecule is CCn1nccc1C(=O)c1cc(N)ccc1Br. The molecule has 17 heavy (non-hydrogen) atoms. The van der Waals surface area contributed by atoms with Crippen LogP contribution in [0.15, 0.2) is 34.9 Å². The zero-order valence-corrected chi connectivity index (χ0v) is 10.9. The fraction of sp³-hybridized carbons (Fsp3) is 0.167. The molecular weight excluding hydrogens is 282 g/mol. The van der Waals surface area contributed by atoms with E-state index in [9.17, 15) is 4.79 Å². The minimum absolute atomic E-state index is 0.0801. The highest BCUT2D eigenvalue weighted by molar-refractivity contribution is 9.10. The van der Waals surface area contributed by atoms with E-state index in [4.69, 9.17) is 5.73 Å². The minimum atomic E-state index is -0.0801. The van der Waals surface area contributed by atoms with E-state index in [1.165, 1.54) is 0 Å². The normalized spacial score (nSPS) is 10.5. The number of carbonyl (C=O) groups is 1. The third-order valence-electron chi connectivity index (χ3n) is 2.48. The molecule has 0 saturated carbocycles. The molecule has 0 radical (unpaired) electrons. The molecule has 0 aliphatic rings. The van der Waals surface area contributed by atoms with Crippen molar-refractivity contribution in [3.8, 4) is 0 Å². The van der Waals surface area contributed by atoms with Crippen molar-refractivity contribution in [2.45, 2.75) is 13.5 Å². The number of hydrogen-bond donors (Lipinski definition) is 1. The van der Waals surface area contributed by atoms with Crippen LogP contribution in [0.25, 0.3) is 0 Å². The smallest absolute Gasteiger partial charge is 0.212 e. The lowest BCUT2D eigenvalue weighted by molar-refractivity contribution is 0.102. The van der Waals surface area contributed by atoms with Crippen LogP contribution in [0, 0.1) is 0 Å². The van der Waals surface area contributed by atoms with Crippen molar-refractivity contribution < 1.29 is 4.79 Å². The Morgan fingerprint density at radius 2 is 2.24 bits per heavy atom. The van der Waals surface area contributed by atoms with Crippen LogP contribution in [0.5, 0.6) is 0 Å². The summed E-state index contributed by atoms with van der Waals surface area (Å²) in [6, 6.07) is 6.90. The predicted molar refractivity (Wildman–Crippen MR) is 69.9 cm³/mol. The Morgan fingerprint density at radius 1 is 1.47 bits per heavy atom. The van der Waals surface area contributed by atoms with Gasteiger partial charge in [-0.3, -0.25) is 9.48 Å². The Morgan fingerprint density at radius 3 is 2.94 bits per heavy atom. The summed E-state index contributed by atoms with van der Waals surface area (Å²) in [5.41, 5.74) is 7.39. The average molecular weight is 294 g/mol. The lowest BCUT2D eigenvalue weighted by atomic mass is 10.1. The number of nitrogen functional groups attached to an aromatic ring is 1. The van der Waals surface area contributed by atoms with Gasteiger partial charge in [0.15, 0.2) is 0 Å². The number of carbonyl (C=O) groups excluding carboxylic acids is 1. The van der Waals surface area contributed by atoms with Crippen molar-refractivity contribution in [3.05, 3.63) is 46.2 Å². The highest BCUT2D eigenvalue weighted by atomic mass is 79.9. The molecule has 0 aliphatic carbocycles. The molecule has 5 heteroatoms. The second-order valence-corrected chi connectivity index (χ2v) is 4.45. The molecule has 0 saturated heterocycles. The van der Waals surface area contributed by atoms with Crippen LogP contribution >= 0.6 is 15.9 Å².